The maximum atomic E-state index is 13.0. The summed E-state index contributed by atoms with van der Waals surface area (Å²) in [4.78, 5) is 12.5. The minimum atomic E-state index is -3.83. The fourth-order valence-electron chi connectivity index (χ4n) is 2.57. The number of methoxy groups -OCH3 is 1. The second kappa shape index (κ2) is 9.45. The van der Waals surface area contributed by atoms with Crippen LogP contribution in [0.1, 0.15) is 17.3 Å². The van der Waals surface area contributed by atoms with Crippen LogP contribution in [0.3, 0.4) is 0 Å². The zero-order valence-electron chi connectivity index (χ0n) is 16.5. The lowest BCUT2D eigenvalue weighted by Gasteiger charge is -2.21. The molecule has 0 aliphatic heterocycles. The standard InChI is InChI=1S/C19H20N4O4S3/c1-4-28-19-22-21-18(29-19)20-17(24)13-9-11-14(12-10-13)30(25,26)23(2)15-7-5-6-8-16(15)27-3/h5-12H,4H2,1-3H3,(H,20,21,24). The number of carbonyl (C=O) groups is 1. The van der Waals surface area contributed by atoms with Crippen LogP contribution in [0.5, 0.6) is 5.75 Å². The molecular weight excluding hydrogens is 444 g/mol. The number of aromatic nitrogens is 2. The number of hydrogen-bond donors (Lipinski definition) is 1. The molecule has 158 valence electrons. The Kier molecular flexibility index (Phi) is 6.95. The molecule has 0 spiro atoms. The summed E-state index contributed by atoms with van der Waals surface area (Å²) in [6, 6.07) is 12.6. The molecule has 0 bridgehead atoms. The quantitative estimate of drug-likeness (QED) is 0.400. The molecule has 1 N–H and O–H groups in total. The van der Waals surface area contributed by atoms with Gasteiger partial charge in [0.1, 0.15) is 5.75 Å². The summed E-state index contributed by atoms with van der Waals surface area (Å²) in [7, 11) is -0.896. The van der Waals surface area contributed by atoms with Gasteiger partial charge in [-0.3, -0.25) is 14.4 Å². The lowest BCUT2D eigenvalue weighted by molar-refractivity contribution is 0.102. The van der Waals surface area contributed by atoms with Crippen molar-refractivity contribution >= 4 is 49.8 Å². The van der Waals surface area contributed by atoms with Crippen molar-refractivity contribution in [3.63, 3.8) is 0 Å². The number of rotatable bonds is 8. The molecule has 1 heterocycles. The van der Waals surface area contributed by atoms with Gasteiger partial charge >= 0.3 is 0 Å². The second-order valence-corrected chi connectivity index (χ2v) is 10.4. The highest BCUT2D eigenvalue weighted by Gasteiger charge is 2.24. The lowest BCUT2D eigenvalue weighted by atomic mass is 10.2. The van der Waals surface area contributed by atoms with Gasteiger partial charge in [-0.15, -0.1) is 10.2 Å². The van der Waals surface area contributed by atoms with Crippen molar-refractivity contribution < 1.29 is 17.9 Å². The number of amides is 1. The van der Waals surface area contributed by atoms with Gasteiger partial charge in [0.2, 0.25) is 5.13 Å². The molecule has 8 nitrogen and oxygen atoms in total. The van der Waals surface area contributed by atoms with Gasteiger partial charge in [-0.1, -0.05) is 42.2 Å². The Labute approximate surface area is 183 Å². The number of nitrogens with zero attached hydrogens (tertiary/aromatic N) is 3. The summed E-state index contributed by atoms with van der Waals surface area (Å²) in [5, 5.41) is 11.0. The Morgan fingerprint density at radius 2 is 1.87 bits per heavy atom. The molecular formula is C19H20N4O4S3. The highest BCUT2D eigenvalue weighted by molar-refractivity contribution is 8.01. The summed E-state index contributed by atoms with van der Waals surface area (Å²) in [5.41, 5.74) is 0.729. The first-order valence-electron chi connectivity index (χ1n) is 8.86. The van der Waals surface area contributed by atoms with Crippen molar-refractivity contribution in [2.75, 3.05) is 29.5 Å². The number of benzene rings is 2. The van der Waals surface area contributed by atoms with E-state index in [4.69, 9.17) is 4.74 Å². The van der Waals surface area contributed by atoms with Gasteiger partial charge in [0, 0.05) is 12.6 Å². The van der Waals surface area contributed by atoms with Gasteiger partial charge in [-0.05, 0) is 42.2 Å². The Morgan fingerprint density at radius 3 is 2.53 bits per heavy atom. The summed E-state index contributed by atoms with van der Waals surface area (Å²) >= 11 is 2.83. The molecule has 0 aliphatic rings. The van der Waals surface area contributed by atoms with Crippen LogP contribution in [0.15, 0.2) is 57.8 Å². The van der Waals surface area contributed by atoms with E-state index in [1.54, 1.807) is 36.0 Å². The van der Waals surface area contributed by atoms with Gasteiger partial charge in [0.25, 0.3) is 15.9 Å². The van der Waals surface area contributed by atoms with Crippen molar-refractivity contribution in [2.45, 2.75) is 16.2 Å². The third-order valence-corrected chi connectivity index (χ3v) is 7.73. The lowest BCUT2D eigenvalue weighted by Crippen LogP contribution is -2.27. The van der Waals surface area contributed by atoms with Crippen LogP contribution >= 0.6 is 23.1 Å². The normalized spacial score (nSPS) is 11.2. The zero-order valence-corrected chi connectivity index (χ0v) is 19.0. The van der Waals surface area contributed by atoms with E-state index >= 15 is 0 Å². The predicted octanol–water partition coefficient (Wildman–Crippen LogP) is 3.74. The predicted molar refractivity (Wildman–Crippen MR) is 119 cm³/mol. The minimum Gasteiger partial charge on any atom is -0.495 e. The SMILES string of the molecule is CCSc1nnc(NC(=O)c2ccc(S(=O)(=O)N(C)c3ccccc3OC)cc2)s1. The third kappa shape index (κ3) is 4.74. The average Bonchev–Trinajstić information content (AvgIpc) is 3.20. The van der Waals surface area contributed by atoms with Crippen LogP contribution in [-0.2, 0) is 10.0 Å². The Morgan fingerprint density at radius 1 is 1.17 bits per heavy atom. The number of para-hydroxylation sites is 2. The fraction of sp³-hybridized carbons (Fsp3) is 0.211. The van der Waals surface area contributed by atoms with Gasteiger partial charge < -0.3 is 4.74 Å². The van der Waals surface area contributed by atoms with Crippen LogP contribution in [-0.4, -0.2) is 44.4 Å². The highest BCUT2D eigenvalue weighted by Crippen LogP contribution is 2.31. The fourth-order valence-corrected chi connectivity index (χ4v) is 5.42. The first-order chi connectivity index (χ1) is 14.4. The van der Waals surface area contributed by atoms with Crippen LogP contribution in [0.25, 0.3) is 0 Å². The minimum absolute atomic E-state index is 0.0602. The Bertz CT molecular complexity index is 1130. The number of hydrogen-bond acceptors (Lipinski definition) is 8. The molecule has 0 atom stereocenters. The van der Waals surface area contributed by atoms with Gasteiger partial charge in [0.05, 0.1) is 17.7 Å². The molecule has 0 fully saturated rings. The first kappa shape index (κ1) is 22.1. The van der Waals surface area contributed by atoms with E-state index in [1.165, 1.54) is 49.8 Å². The topological polar surface area (TPSA) is 101 Å². The number of carbonyl (C=O) groups excluding carboxylic acids is 1. The highest BCUT2D eigenvalue weighted by atomic mass is 32.2. The molecule has 0 radical (unpaired) electrons. The maximum absolute atomic E-state index is 13.0. The smallest absolute Gasteiger partial charge is 0.264 e. The summed E-state index contributed by atoms with van der Waals surface area (Å²) in [6.07, 6.45) is 0. The van der Waals surface area contributed by atoms with Crippen molar-refractivity contribution in [1.82, 2.24) is 10.2 Å². The van der Waals surface area contributed by atoms with Crippen molar-refractivity contribution in [2.24, 2.45) is 0 Å². The Balaban J connectivity index is 1.77. The molecule has 0 saturated carbocycles. The Hall–Kier alpha value is -2.63. The van der Waals surface area contributed by atoms with Crippen LogP contribution in [0.2, 0.25) is 0 Å². The zero-order chi connectivity index (χ0) is 21.7. The average molecular weight is 465 g/mol. The van der Waals surface area contributed by atoms with Gasteiger partial charge in [-0.2, -0.15) is 0 Å². The van der Waals surface area contributed by atoms with Gasteiger partial charge in [0.15, 0.2) is 4.34 Å². The molecule has 30 heavy (non-hydrogen) atoms. The van der Waals surface area contributed by atoms with Crippen molar-refractivity contribution in [3.05, 3.63) is 54.1 Å². The number of anilines is 2. The molecule has 3 aromatic rings. The van der Waals surface area contributed by atoms with E-state index < -0.39 is 10.0 Å². The van der Waals surface area contributed by atoms with E-state index in [0.29, 0.717) is 22.1 Å². The number of ether oxygens (including phenoxy) is 1. The van der Waals surface area contributed by atoms with E-state index in [9.17, 15) is 13.2 Å². The molecule has 3 rings (SSSR count). The van der Waals surface area contributed by atoms with Gasteiger partial charge in [-0.25, -0.2) is 8.42 Å². The first-order valence-corrected chi connectivity index (χ1v) is 12.1. The van der Waals surface area contributed by atoms with Crippen molar-refractivity contribution in [1.29, 1.82) is 0 Å². The maximum Gasteiger partial charge on any atom is 0.264 e. The number of thioether (sulfide) groups is 1. The number of sulfonamides is 1. The van der Waals surface area contributed by atoms with E-state index in [2.05, 4.69) is 15.5 Å². The van der Waals surface area contributed by atoms with E-state index in [0.717, 1.165) is 14.4 Å². The monoisotopic (exact) mass is 464 g/mol. The van der Waals surface area contributed by atoms with Crippen LogP contribution < -0.4 is 14.4 Å². The van der Waals surface area contributed by atoms with Crippen molar-refractivity contribution in [3.8, 4) is 5.75 Å². The summed E-state index contributed by atoms with van der Waals surface area (Å²) in [6.45, 7) is 2.01. The van der Waals surface area contributed by atoms with Crippen LogP contribution in [0, 0.1) is 0 Å². The molecule has 11 heteroatoms. The summed E-state index contributed by atoms with van der Waals surface area (Å²) < 4.78 is 33.1. The second-order valence-electron chi connectivity index (χ2n) is 5.93. The molecule has 0 saturated heterocycles. The van der Waals surface area contributed by atoms with E-state index in [-0.39, 0.29) is 10.8 Å². The largest absolute Gasteiger partial charge is 0.495 e. The molecule has 0 aliphatic carbocycles. The molecule has 0 unspecified atom stereocenters. The molecule has 2 aromatic carbocycles. The summed E-state index contributed by atoms with van der Waals surface area (Å²) in [5.74, 6) is 0.917. The van der Waals surface area contributed by atoms with Crippen LogP contribution in [0.4, 0.5) is 10.8 Å². The molecule has 1 aromatic heterocycles. The third-order valence-electron chi connectivity index (χ3n) is 4.09. The number of nitrogens with one attached hydrogen (secondary N) is 1. The van der Waals surface area contributed by atoms with E-state index in [1.807, 2.05) is 6.92 Å². The molecule has 1 amide bonds.